The van der Waals surface area contributed by atoms with E-state index in [0.29, 0.717) is 35.0 Å². The van der Waals surface area contributed by atoms with Crippen LogP contribution in [-0.2, 0) is 6.54 Å². The van der Waals surface area contributed by atoms with Crippen LogP contribution in [0.5, 0.6) is 0 Å². The van der Waals surface area contributed by atoms with E-state index in [4.69, 9.17) is 21.0 Å². The Kier molecular flexibility index (Phi) is 7.09. The molecule has 0 saturated carbocycles. The van der Waals surface area contributed by atoms with E-state index >= 15 is 0 Å². The molecule has 0 atom stereocenters. The fourth-order valence-corrected chi connectivity index (χ4v) is 5.51. The number of pyridine rings is 2. The standard InChI is InChI=1S/C31H29N13/c1-20-18-43(41-40-20)28-9-8-25-31(39-28)44(30(37-25)24-3-2-13-35-29(24)33)23-6-4-21(5-7-23)19-42-15-11-22(12-16-42)36-26-10-14-34-27(17-32)38-26/h2-10,13-14,18,22H,11-12,15-16,19H2,1H3,(H2,33,35)(H,34,36,38). The number of hydrogen-bond donors (Lipinski definition) is 2. The normalized spacial score (nSPS) is 14.1. The Balaban J connectivity index is 1.13. The highest BCUT2D eigenvalue weighted by atomic mass is 15.4. The summed E-state index contributed by atoms with van der Waals surface area (Å²) in [6.07, 6.45) is 7.09. The molecule has 0 spiro atoms. The quantitative estimate of drug-likeness (QED) is 0.281. The van der Waals surface area contributed by atoms with E-state index in [1.54, 1.807) is 23.1 Å². The van der Waals surface area contributed by atoms with E-state index in [1.165, 1.54) is 5.56 Å². The van der Waals surface area contributed by atoms with Crippen molar-refractivity contribution in [3.05, 3.63) is 90.3 Å². The molecule has 218 valence electrons. The summed E-state index contributed by atoms with van der Waals surface area (Å²) < 4.78 is 3.67. The van der Waals surface area contributed by atoms with E-state index in [9.17, 15) is 0 Å². The zero-order valence-electron chi connectivity index (χ0n) is 24.0. The minimum Gasteiger partial charge on any atom is -0.383 e. The molecule has 1 fully saturated rings. The predicted molar refractivity (Wildman–Crippen MR) is 165 cm³/mol. The van der Waals surface area contributed by atoms with Crippen molar-refractivity contribution in [2.24, 2.45) is 0 Å². The van der Waals surface area contributed by atoms with Crippen LogP contribution in [0.3, 0.4) is 0 Å². The van der Waals surface area contributed by atoms with Gasteiger partial charge in [-0.3, -0.25) is 9.47 Å². The zero-order valence-corrected chi connectivity index (χ0v) is 24.0. The lowest BCUT2D eigenvalue weighted by molar-refractivity contribution is 0.211. The third kappa shape index (κ3) is 5.41. The molecule has 1 aromatic carbocycles. The summed E-state index contributed by atoms with van der Waals surface area (Å²) in [6.45, 7) is 4.66. The Bertz CT molecular complexity index is 1980. The first-order valence-corrected chi connectivity index (χ1v) is 14.3. The van der Waals surface area contributed by atoms with Crippen LogP contribution in [0.2, 0.25) is 0 Å². The van der Waals surface area contributed by atoms with Crippen molar-refractivity contribution in [1.82, 2.24) is 49.4 Å². The number of nitrogen functional groups attached to an aromatic ring is 1. The van der Waals surface area contributed by atoms with Crippen LogP contribution in [0.15, 0.2) is 73.2 Å². The lowest BCUT2D eigenvalue weighted by atomic mass is 10.0. The van der Waals surface area contributed by atoms with Gasteiger partial charge in [0.05, 0.1) is 17.5 Å². The van der Waals surface area contributed by atoms with Gasteiger partial charge in [-0.15, -0.1) is 5.10 Å². The van der Waals surface area contributed by atoms with Gasteiger partial charge in [0.15, 0.2) is 17.3 Å². The van der Waals surface area contributed by atoms with Crippen molar-refractivity contribution in [2.75, 3.05) is 24.1 Å². The second-order valence-electron chi connectivity index (χ2n) is 10.8. The maximum Gasteiger partial charge on any atom is 0.234 e. The summed E-state index contributed by atoms with van der Waals surface area (Å²) in [5.74, 6) is 2.58. The number of nitrogens with one attached hydrogen (secondary N) is 1. The Morgan fingerprint density at radius 1 is 0.977 bits per heavy atom. The van der Waals surface area contributed by atoms with Gasteiger partial charge < -0.3 is 11.1 Å². The summed E-state index contributed by atoms with van der Waals surface area (Å²) in [5.41, 5.74) is 11.4. The molecule has 7 rings (SSSR count). The van der Waals surface area contributed by atoms with Crippen molar-refractivity contribution in [2.45, 2.75) is 32.4 Å². The second kappa shape index (κ2) is 11.5. The number of aryl methyl sites for hydroxylation is 1. The first-order chi connectivity index (χ1) is 21.5. The Hall–Kier alpha value is -5.74. The number of rotatable bonds is 7. The summed E-state index contributed by atoms with van der Waals surface area (Å²) in [6, 6.07) is 20.2. The van der Waals surface area contributed by atoms with Gasteiger partial charge in [-0.25, -0.2) is 29.6 Å². The molecule has 1 saturated heterocycles. The summed E-state index contributed by atoms with van der Waals surface area (Å²) in [5, 5.41) is 20.8. The van der Waals surface area contributed by atoms with Gasteiger partial charge in [0.25, 0.3) is 0 Å². The molecule has 44 heavy (non-hydrogen) atoms. The van der Waals surface area contributed by atoms with Crippen molar-refractivity contribution in [3.8, 4) is 29.0 Å². The smallest absolute Gasteiger partial charge is 0.234 e. The predicted octanol–water partition coefficient (Wildman–Crippen LogP) is 3.69. The number of aromatic nitrogens is 9. The number of imidazole rings is 1. The average molecular weight is 584 g/mol. The van der Waals surface area contributed by atoms with Crippen LogP contribution in [0.25, 0.3) is 34.1 Å². The van der Waals surface area contributed by atoms with Crippen LogP contribution in [-0.4, -0.2) is 68.5 Å². The molecule has 0 bridgehead atoms. The molecule has 5 aromatic heterocycles. The molecular formula is C31H29N13. The number of piperidine rings is 1. The molecule has 0 amide bonds. The highest BCUT2D eigenvalue weighted by Gasteiger charge is 2.21. The van der Waals surface area contributed by atoms with Crippen LogP contribution in [0, 0.1) is 18.3 Å². The van der Waals surface area contributed by atoms with Gasteiger partial charge in [0.2, 0.25) is 5.82 Å². The lowest BCUT2D eigenvalue weighted by Gasteiger charge is -2.32. The monoisotopic (exact) mass is 583 g/mol. The van der Waals surface area contributed by atoms with E-state index in [2.05, 4.69) is 59.7 Å². The number of nitrogens with zero attached hydrogens (tertiary/aromatic N) is 11. The largest absolute Gasteiger partial charge is 0.383 e. The van der Waals surface area contributed by atoms with E-state index in [1.807, 2.05) is 48.0 Å². The number of anilines is 2. The molecule has 6 aromatic rings. The Morgan fingerprint density at radius 3 is 2.57 bits per heavy atom. The molecule has 13 heteroatoms. The van der Waals surface area contributed by atoms with E-state index < -0.39 is 0 Å². The number of likely N-dealkylation sites (tertiary alicyclic amines) is 1. The van der Waals surface area contributed by atoms with Crippen molar-refractivity contribution in [1.29, 1.82) is 5.26 Å². The van der Waals surface area contributed by atoms with Gasteiger partial charge in [-0.1, -0.05) is 17.3 Å². The van der Waals surface area contributed by atoms with E-state index in [0.717, 1.165) is 54.9 Å². The van der Waals surface area contributed by atoms with Gasteiger partial charge in [0.1, 0.15) is 23.2 Å². The summed E-state index contributed by atoms with van der Waals surface area (Å²) in [7, 11) is 0. The number of hydrogen-bond acceptors (Lipinski definition) is 11. The van der Waals surface area contributed by atoms with Gasteiger partial charge in [-0.2, -0.15) is 5.26 Å². The number of fused-ring (bicyclic) bond motifs is 1. The lowest BCUT2D eigenvalue weighted by Crippen LogP contribution is -2.38. The minimum atomic E-state index is 0.178. The van der Waals surface area contributed by atoms with Crippen molar-refractivity contribution < 1.29 is 0 Å². The van der Waals surface area contributed by atoms with Crippen LogP contribution < -0.4 is 11.1 Å². The van der Waals surface area contributed by atoms with Crippen LogP contribution in [0.4, 0.5) is 11.6 Å². The average Bonchev–Trinajstić information content (AvgIpc) is 3.66. The van der Waals surface area contributed by atoms with Crippen molar-refractivity contribution in [3.63, 3.8) is 0 Å². The van der Waals surface area contributed by atoms with Gasteiger partial charge >= 0.3 is 0 Å². The zero-order chi connectivity index (χ0) is 30.0. The van der Waals surface area contributed by atoms with Crippen LogP contribution >= 0.6 is 0 Å². The second-order valence-corrected chi connectivity index (χ2v) is 10.8. The minimum absolute atomic E-state index is 0.178. The highest BCUT2D eigenvalue weighted by molar-refractivity contribution is 5.83. The first-order valence-electron chi connectivity index (χ1n) is 14.3. The third-order valence-corrected chi connectivity index (χ3v) is 7.71. The molecule has 13 nitrogen and oxygen atoms in total. The molecule has 1 aliphatic rings. The number of benzene rings is 1. The van der Waals surface area contributed by atoms with E-state index in [-0.39, 0.29) is 5.82 Å². The maximum atomic E-state index is 9.06. The molecule has 3 N–H and O–H groups in total. The van der Waals surface area contributed by atoms with Crippen molar-refractivity contribution >= 4 is 22.8 Å². The van der Waals surface area contributed by atoms with Crippen LogP contribution in [0.1, 0.15) is 29.9 Å². The SMILES string of the molecule is Cc1cn(-c2ccc3nc(-c4cccnc4N)n(-c4ccc(CN5CCC(Nc6ccnc(C#N)n6)CC5)cc4)c3n2)nn1. The maximum absolute atomic E-state index is 9.06. The topological polar surface area (TPSA) is 165 Å². The first kappa shape index (κ1) is 27.1. The number of nitriles is 1. The molecule has 0 unspecified atom stereocenters. The Labute approximate surface area is 253 Å². The Morgan fingerprint density at radius 2 is 1.82 bits per heavy atom. The molecule has 1 aliphatic heterocycles. The highest BCUT2D eigenvalue weighted by Crippen LogP contribution is 2.31. The fraction of sp³-hybridized carbons (Fsp3) is 0.226. The fourth-order valence-electron chi connectivity index (χ4n) is 5.51. The van der Waals surface area contributed by atoms with Gasteiger partial charge in [0, 0.05) is 43.8 Å². The summed E-state index contributed by atoms with van der Waals surface area (Å²) in [4.78, 5) is 24.8. The van der Waals surface area contributed by atoms with Gasteiger partial charge in [-0.05, 0) is 67.8 Å². The molecule has 0 aliphatic carbocycles. The summed E-state index contributed by atoms with van der Waals surface area (Å²) >= 11 is 0. The third-order valence-electron chi connectivity index (χ3n) is 7.71. The molecular weight excluding hydrogens is 554 g/mol. The molecule has 0 radical (unpaired) electrons. The molecule has 6 heterocycles. The number of nitrogens with two attached hydrogens (primary N) is 1.